The average Bonchev–Trinajstić information content (AvgIpc) is 1.62. The van der Waals surface area contributed by atoms with E-state index in [2.05, 4.69) is 12.6 Å². The lowest BCUT2D eigenvalue weighted by molar-refractivity contribution is -0.142. The van der Waals surface area contributed by atoms with Gasteiger partial charge in [-0.2, -0.15) is 12.6 Å². The van der Waals surface area contributed by atoms with Crippen molar-refractivity contribution in [2.24, 2.45) is 5.41 Å². The van der Waals surface area contributed by atoms with Gasteiger partial charge in [-0.05, 0) is 12.3 Å². The topological polar surface area (TPSA) is 37.3 Å². The maximum Gasteiger partial charge on any atom is 0.319 e. The molecule has 0 aromatic heterocycles. The lowest BCUT2D eigenvalue weighted by Crippen LogP contribution is -2.41. The normalized spacial score (nSPS) is 18.1. The van der Waals surface area contributed by atoms with Gasteiger partial charge in [0.15, 0.2) is 0 Å². The molecule has 0 unspecified atom stereocenters. The van der Waals surface area contributed by atoms with E-state index in [0.717, 1.165) is 0 Å². The number of aliphatic carboxylic acids is 1. The molecule has 0 saturated heterocycles. The van der Waals surface area contributed by atoms with Crippen LogP contribution in [-0.2, 0) is 4.79 Å². The van der Waals surface area contributed by atoms with E-state index in [4.69, 9.17) is 5.11 Å². The summed E-state index contributed by atoms with van der Waals surface area (Å²) in [6, 6.07) is 0. The number of thiol groups is 1. The highest BCUT2D eigenvalue weighted by molar-refractivity contribution is 7.82. The number of hydrogen-bond donors (Lipinski definition) is 2. The van der Waals surface area contributed by atoms with Gasteiger partial charge in [0.1, 0.15) is 4.75 Å². The second kappa shape index (κ2) is 2.46. The highest BCUT2D eigenvalue weighted by atomic mass is 32.1. The molecule has 0 radical (unpaired) electrons. The predicted molar refractivity (Wildman–Crippen MR) is 44.5 cm³/mol. The van der Waals surface area contributed by atoms with Crippen molar-refractivity contribution in [2.75, 3.05) is 0 Å². The van der Waals surface area contributed by atoms with E-state index < -0.39 is 10.7 Å². The van der Waals surface area contributed by atoms with Crippen molar-refractivity contribution in [3.63, 3.8) is 0 Å². The molecule has 1 N–H and O–H groups in total. The molecule has 0 spiro atoms. The lowest BCUT2D eigenvalue weighted by atomic mass is 9.81. The fourth-order valence-electron chi connectivity index (χ4n) is 0.321. The Kier molecular flexibility index (Phi) is 2.41. The minimum atomic E-state index is -0.951. The summed E-state index contributed by atoms with van der Waals surface area (Å²) in [5, 5.41) is 8.70. The van der Waals surface area contributed by atoms with Crippen LogP contribution in [-0.4, -0.2) is 15.8 Å². The van der Waals surface area contributed by atoms with Gasteiger partial charge in [-0.1, -0.05) is 20.8 Å². The summed E-state index contributed by atoms with van der Waals surface area (Å²) in [6.07, 6.45) is 0. The molecule has 3 heteroatoms. The quantitative estimate of drug-likeness (QED) is 0.577. The summed E-state index contributed by atoms with van der Waals surface area (Å²) in [4.78, 5) is 10.6. The van der Waals surface area contributed by atoms with Crippen LogP contribution in [0.1, 0.15) is 27.7 Å². The molecule has 0 aliphatic heterocycles. The molecule has 0 heterocycles. The molecular weight excluding hydrogens is 148 g/mol. The van der Waals surface area contributed by atoms with Gasteiger partial charge in [0.25, 0.3) is 0 Å². The van der Waals surface area contributed by atoms with Crippen LogP contribution in [0.5, 0.6) is 0 Å². The number of rotatable bonds is 1. The van der Waals surface area contributed by atoms with Gasteiger partial charge in [-0.3, -0.25) is 4.79 Å². The van der Waals surface area contributed by atoms with Gasteiger partial charge < -0.3 is 5.11 Å². The SMILES string of the molecule is CC(C)(C)[C@](C)(S)C(=O)O. The predicted octanol–water partition coefficient (Wildman–Crippen LogP) is 1.81. The number of carboxylic acid groups (broad SMARTS) is 1. The molecule has 0 aliphatic rings. The Bertz CT molecular complexity index is 144. The van der Waals surface area contributed by atoms with E-state index in [1.54, 1.807) is 6.92 Å². The molecule has 2 nitrogen and oxygen atoms in total. The zero-order chi connectivity index (χ0) is 8.58. The molecule has 0 saturated carbocycles. The van der Waals surface area contributed by atoms with Crippen LogP contribution >= 0.6 is 12.6 Å². The summed E-state index contributed by atoms with van der Waals surface area (Å²) in [5.41, 5.74) is -0.318. The van der Waals surface area contributed by atoms with Crippen LogP contribution in [0.15, 0.2) is 0 Å². The summed E-state index contributed by atoms with van der Waals surface area (Å²) in [6.45, 7) is 7.18. The molecule has 0 fully saturated rings. The molecule has 10 heavy (non-hydrogen) atoms. The lowest BCUT2D eigenvalue weighted by Gasteiger charge is -2.33. The standard InChI is InChI=1S/C7H14O2S/c1-6(2,3)7(4,10)5(8)9/h10H,1-4H3,(H,8,9)/t7-/m1/s1. The van der Waals surface area contributed by atoms with Gasteiger partial charge in [0.05, 0.1) is 0 Å². The second-order valence-corrected chi connectivity index (χ2v) is 4.52. The molecule has 0 aromatic rings. The number of carbonyl (C=O) groups is 1. The first-order valence-electron chi connectivity index (χ1n) is 3.15. The molecule has 1 atom stereocenters. The van der Waals surface area contributed by atoms with Crippen LogP contribution in [0, 0.1) is 5.41 Å². The zero-order valence-electron chi connectivity index (χ0n) is 6.80. The van der Waals surface area contributed by atoms with Gasteiger partial charge >= 0.3 is 5.97 Å². The molecule has 0 aliphatic carbocycles. The van der Waals surface area contributed by atoms with Crippen molar-refractivity contribution in [3.8, 4) is 0 Å². The first-order valence-corrected chi connectivity index (χ1v) is 3.60. The number of hydrogen-bond acceptors (Lipinski definition) is 2. The molecule has 60 valence electrons. The van der Waals surface area contributed by atoms with E-state index in [-0.39, 0.29) is 5.41 Å². The third kappa shape index (κ3) is 1.66. The summed E-state index contributed by atoms with van der Waals surface area (Å²) < 4.78 is -0.951. The summed E-state index contributed by atoms with van der Waals surface area (Å²) >= 11 is 4.06. The largest absolute Gasteiger partial charge is 0.480 e. The van der Waals surface area contributed by atoms with E-state index in [1.807, 2.05) is 20.8 Å². The van der Waals surface area contributed by atoms with Crippen molar-refractivity contribution < 1.29 is 9.90 Å². The second-order valence-electron chi connectivity index (χ2n) is 3.63. The molecule has 0 aromatic carbocycles. The Morgan fingerprint density at radius 3 is 1.60 bits per heavy atom. The summed E-state index contributed by atoms with van der Waals surface area (Å²) in [5.74, 6) is -0.872. The minimum Gasteiger partial charge on any atom is -0.480 e. The van der Waals surface area contributed by atoms with Gasteiger partial charge in [-0.15, -0.1) is 0 Å². The maximum absolute atomic E-state index is 10.6. The highest BCUT2D eigenvalue weighted by Gasteiger charge is 2.40. The minimum absolute atomic E-state index is 0.318. The first-order chi connectivity index (χ1) is 4.19. The fraction of sp³-hybridized carbons (Fsp3) is 0.857. The molecule has 0 amide bonds. The van der Waals surface area contributed by atoms with Crippen molar-refractivity contribution in [1.82, 2.24) is 0 Å². The smallest absolute Gasteiger partial charge is 0.319 e. The van der Waals surface area contributed by atoms with E-state index in [0.29, 0.717) is 0 Å². The Hall–Kier alpha value is -0.180. The van der Waals surface area contributed by atoms with Crippen LogP contribution in [0.2, 0.25) is 0 Å². The maximum atomic E-state index is 10.6. The van der Waals surface area contributed by atoms with Crippen molar-refractivity contribution in [3.05, 3.63) is 0 Å². The fourth-order valence-corrected chi connectivity index (χ4v) is 0.321. The number of carboxylic acids is 1. The monoisotopic (exact) mass is 162 g/mol. The Balaban J connectivity index is 4.57. The van der Waals surface area contributed by atoms with E-state index in [1.165, 1.54) is 0 Å². The van der Waals surface area contributed by atoms with Crippen LogP contribution in [0.4, 0.5) is 0 Å². The van der Waals surface area contributed by atoms with Gasteiger partial charge in [-0.25, -0.2) is 0 Å². The van der Waals surface area contributed by atoms with Gasteiger partial charge in [0, 0.05) is 0 Å². The zero-order valence-corrected chi connectivity index (χ0v) is 7.70. The average molecular weight is 162 g/mol. The first kappa shape index (κ1) is 9.82. The van der Waals surface area contributed by atoms with E-state index >= 15 is 0 Å². The van der Waals surface area contributed by atoms with Gasteiger partial charge in [0.2, 0.25) is 0 Å². The Morgan fingerprint density at radius 1 is 1.30 bits per heavy atom. The van der Waals surface area contributed by atoms with Crippen molar-refractivity contribution in [1.29, 1.82) is 0 Å². The van der Waals surface area contributed by atoms with Crippen LogP contribution in [0.3, 0.4) is 0 Å². The van der Waals surface area contributed by atoms with Crippen LogP contribution in [0.25, 0.3) is 0 Å². The molecular formula is C7H14O2S. The van der Waals surface area contributed by atoms with Crippen LogP contribution < -0.4 is 0 Å². The molecule has 0 bridgehead atoms. The third-order valence-electron chi connectivity index (χ3n) is 1.88. The highest BCUT2D eigenvalue weighted by Crippen LogP contribution is 2.35. The Morgan fingerprint density at radius 2 is 1.60 bits per heavy atom. The molecule has 0 rings (SSSR count). The van der Waals surface area contributed by atoms with Crippen molar-refractivity contribution >= 4 is 18.6 Å². The van der Waals surface area contributed by atoms with Crippen molar-refractivity contribution in [2.45, 2.75) is 32.4 Å². The third-order valence-corrected chi connectivity index (χ3v) is 2.74. The Labute approximate surface area is 67.0 Å². The summed E-state index contributed by atoms with van der Waals surface area (Å²) in [7, 11) is 0. The van der Waals surface area contributed by atoms with E-state index in [9.17, 15) is 4.79 Å².